The quantitative estimate of drug-likeness (QED) is 0.474. The van der Waals surface area contributed by atoms with Gasteiger partial charge in [-0.15, -0.1) is 0 Å². The molecule has 22 heavy (non-hydrogen) atoms. The molecule has 0 amide bonds. The molecule has 0 radical (unpaired) electrons. The van der Waals surface area contributed by atoms with Crippen LogP contribution >= 0.6 is 22.6 Å². The number of aryl methyl sites for hydroxylation is 1. The summed E-state index contributed by atoms with van der Waals surface area (Å²) in [6.45, 7) is 2.16. The number of hydrogen-bond donors (Lipinski definition) is 1. The van der Waals surface area contributed by atoms with Gasteiger partial charge in [-0.3, -0.25) is 0 Å². The lowest BCUT2D eigenvalue weighted by Gasteiger charge is -2.15. The Kier molecular flexibility index (Phi) is 4.87. The Hall–Kier alpha value is -1.29. The summed E-state index contributed by atoms with van der Waals surface area (Å²) in [6, 6.07) is 17.3. The van der Waals surface area contributed by atoms with Crippen LogP contribution in [0.25, 0.3) is 11.3 Å². The van der Waals surface area contributed by atoms with Crippen LogP contribution in [-0.4, -0.2) is 3.92 Å². The van der Waals surface area contributed by atoms with Crippen molar-refractivity contribution in [1.82, 2.24) is 0 Å². The van der Waals surface area contributed by atoms with Crippen LogP contribution in [0.5, 0.6) is 0 Å². The maximum absolute atomic E-state index is 6.56. The van der Waals surface area contributed by atoms with Gasteiger partial charge in [0.25, 0.3) is 0 Å². The number of allylic oxidation sites excluding steroid dienone is 1. The first-order chi connectivity index (χ1) is 10.7. The molecule has 0 saturated heterocycles. The Balaban J connectivity index is 2.18. The highest BCUT2D eigenvalue weighted by atomic mass is 127. The zero-order chi connectivity index (χ0) is 15.5. The van der Waals surface area contributed by atoms with Crippen molar-refractivity contribution < 1.29 is 0 Å². The van der Waals surface area contributed by atoms with Crippen molar-refractivity contribution in [3.63, 3.8) is 0 Å². The number of halogens is 1. The van der Waals surface area contributed by atoms with E-state index in [-0.39, 0.29) is 0 Å². The normalized spacial score (nSPS) is 22.4. The summed E-state index contributed by atoms with van der Waals surface area (Å²) in [5.41, 5.74) is 14.0. The molecule has 114 valence electrons. The highest BCUT2D eigenvalue weighted by Gasteiger charge is 2.15. The number of benzene rings is 2. The van der Waals surface area contributed by atoms with Crippen molar-refractivity contribution in [3.8, 4) is 0 Å². The summed E-state index contributed by atoms with van der Waals surface area (Å²) in [5.74, 6) is 0. The van der Waals surface area contributed by atoms with Gasteiger partial charge in [-0.25, -0.2) is 0 Å². The smallest absolute Gasteiger partial charge is 0.0426 e. The second-order valence-corrected chi connectivity index (χ2v) is 7.81. The lowest BCUT2D eigenvalue weighted by Crippen LogP contribution is -2.05. The van der Waals surface area contributed by atoms with Crippen molar-refractivity contribution in [3.05, 3.63) is 70.8 Å². The van der Waals surface area contributed by atoms with Crippen LogP contribution < -0.4 is 5.73 Å². The molecule has 1 atom stereocenters. The van der Waals surface area contributed by atoms with Gasteiger partial charge in [-0.1, -0.05) is 71.1 Å². The molecule has 1 aliphatic carbocycles. The van der Waals surface area contributed by atoms with Crippen molar-refractivity contribution in [2.75, 3.05) is 0 Å². The van der Waals surface area contributed by atoms with Crippen LogP contribution in [0.2, 0.25) is 0 Å². The third-order valence-electron chi connectivity index (χ3n) is 4.54. The maximum Gasteiger partial charge on any atom is 0.0426 e. The van der Waals surface area contributed by atoms with Gasteiger partial charge < -0.3 is 5.73 Å². The van der Waals surface area contributed by atoms with Crippen molar-refractivity contribution in [1.29, 1.82) is 0 Å². The molecule has 1 aliphatic rings. The SMILES string of the molecule is C/C1=C(\N)c2ccccc2CCCC(I)Cc2ccccc21. The minimum Gasteiger partial charge on any atom is -0.398 e. The van der Waals surface area contributed by atoms with Crippen molar-refractivity contribution in [2.24, 2.45) is 5.73 Å². The van der Waals surface area contributed by atoms with E-state index in [4.69, 9.17) is 5.73 Å². The topological polar surface area (TPSA) is 26.0 Å². The van der Waals surface area contributed by atoms with Gasteiger partial charge in [0.15, 0.2) is 0 Å². The molecule has 0 fully saturated rings. The summed E-state index contributed by atoms with van der Waals surface area (Å²) >= 11 is 2.60. The van der Waals surface area contributed by atoms with Crippen LogP contribution in [0.15, 0.2) is 48.5 Å². The molecule has 0 bridgehead atoms. The Morgan fingerprint density at radius 3 is 2.36 bits per heavy atom. The molecule has 2 N–H and O–H groups in total. The van der Waals surface area contributed by atoms with E-state index in [0.29, 0.717) is 3.92 Å². The zero-order valence-corrected chi connectivity index (χ0v) is 15.1. The monoisotopic (exact) mass is 403 g/mol. The first kappa shape index (κ1) is 15.6. The van der Waals surface area contributed by atoms with Crippen LogP contribution in [0.4, 0.5) is 0 Å². The largest absolute Gasteiger partial charge is 0.398 e. The molecular weight excluding hydrogens is 381 g/mol. The van der Waals surface area contributed by atoms with Gasteiger partial charge in [0.05, 0.1) is 0 Å². The molecule has 0 aliphatic heterocycles. The molecule has 0 aromatic heterocycles. The average molecular weight is 403 g/mol. The van der Waals surface area contributed by atoms with E-state index in [1.54, 1.807) is 0 Å². The number of hydrogen-bond acceptors (Lipinski definition) is 1. The third kappa shape index (κ3) is 3.22. The van der Waals surface area contributed by atoms with Gasteiger partial charge in [0.2, 0.25) is 0 Å². The summed E-state index contributed by atoms with van der Waals surface area (Å²) in [6.07, 6.45) is 4.71. The average Bonchev–Trinajstić information content (AvgIpc) is 2.55. The summed E-state index contributed by atoms with van der Waals surface area (Å²) in [7, 11) is 0. The van der Waals surface area contributed by atoms with E-state index in [1.807, 2.05) is 0 Å². The first-order valence-corrected chi connectivity index (χ1v) is 9.18. The molecule has 2 aromatic rings. The lowest BCUT2D eigenvalue weighted by molar-refractivity contribution is 0.709. The fraction of sp³-hybridized carbons (Fsp3) is 0.300. The van der Waals surface area contributed by atoms with Crippen LogP contribution in [0.1, 0.15) is 42.0 Å². The van der Waals surface area contributed by atoms with E-state index < -0.39 is 0 Å². The molecule has 1 unspecified atom stereocenters. The highest BCUT2D eigenvalue weighted by molar-refractivity contribution is 14.1. The predicted molar refractivity (Wildman–Crippen MR) is 104 cm³/mol. The van der Waals surface area contributed by atoms with E-state index in [1.165, 1.54) is 40.7 Å². The van der Waals surface area contributed by atoms with Gasteiger partial charge in [0, 0.05) is 15.2 Å². The Bertz CT molecular complexity index is 702. The molecule has 2 heteroatoms. The van der Waals surface area contributed by atoms with Crippen molar-refractivity contribution in [2.45, 2.75) is 36.5 Å². The Labute approximate surface area is 146 Å². The van der Waals surface area contributed by atoms with Gasteiger partial charge in [-0.2, -0.15) is 0 Å². The Morgan fingerprint density at radius 1 is 0.955 bits per heavy atom. The number of rotatable bonds is 0. The zero-order valence-electron chi connectivity index (χ0n) is 13.0. The summed E-state index contributed by atoms with van der Waals surface area (Å²) in [4.78, 5) is 0. The van der Waals surface area contributed by atoms with Crippen LogP contribution in [-0.2, 0) is 12.8 Å². The molecule has 0 spiro atoms. The van der Waals surface area contributed by atoms with Gasteiger partial charge in [-0.05, 0) is 54.9 Å². The predicted octanol–water partition coefficient (Wildman–Crippen LogP) is 5.22. The highest BCUT2D eigenvalue weighted by Crippen LogP contribution is 2.30. The fourth-order valence-corrected chi connectivity index (χ4v) is 4.18. The number of nitrogens with two attached hydrogens (primary N) is 1. The minimum atomic E-state index is 0.679. The maximum atomic E-state index is 6.56. The third-order valence-corrected chi connectivity index (χ3v) is 5.60. The molecule has 0 saturated carbocycles. The number of fused-ring (bicyclic) bond motifs is 2. The lowest BCUT2D eigenvalue weighted by atomic mass is 9.93. The van der Waals surface area contributed by atoms with Gasteiger partial charge >= 0.3 is 0 Å². The number of alkyl halides is 1. The van der Waals surface area contributed by atoms with E-state index in [0.717, 1.165) is 18.5 Å². The Morgan fingerprint density at radius 2 is 1.59 bits per heavy atom. The van der Waals surface area contributed by atoms with E-state index >= 15 is 0 Å². The fourth-order valence-electron chi connectivity index (χ4n) is 3.27. The summed E-state index contributed by atoms with van der Waals surface area (Å²) < 4.78 is 0.679. The van der Waals surface area contributed by atoms with Crippen molar-refractivity contribution >= 4 is 33.9 Å². The van der Waals surface area contributed by atoms with Crippen LogP contribution in [0, 0.1) is 0 Å². The van der Waals surface area contributed by atoms with E-state index in [9.17, 15) is 0 Å². The second kappa shape index (κ2) is 6.86. The van der Waals surface area contributed by atoms with Gasteiger partial charge in [0.1, 0.15) is 0 Å². The standard InChI is InChI=1S/C20H22IN/c1-14-18-11-4-3-8-16(18)13-17(21)10-6-9-15-7-2-5-12-19(15)20(14)22/h2-5,7-8,11-12,17H,6,9-10,13,22H2,1H3/b20-14+. The second-order valence-electron chi connectivity index (χ2n) is 6.05. The summed E-state index contributed by atoms with van der Waals surface area (Å²) in [5, 5.41) is 0. The molecule has 3 rings (SSSR count). The van der Waals surface area contributed by atoms with E-state index in [2.05, 4.69) is 78.0 Å². The molecule has 0 heterocycles. The molecular formula is C20H22IN. The molecule has 2 aromatic carbocycles. The molecule has 1 nitrogen and oxygen atoms in total. The first-order valence-electron chi connectivity index (χ1n) is 7.94. The van der Waals surface area contributed by atoms with Crippen LogP contribution in [0.3, 0.4) is 0 Å². The minimum absolute atomic E-state index is 0.679.